The number of hydrogen-bond acceptors (Lipinski definition) is 6. The first-order valence-electron chi connectivity index (χ1n) is 7.31. The molecule has 0 atom stereocenters. The third-order valence-corrected chi connectivity index (χ3v) is 5.24. The second-order valence-corrected chi connectivity index (χ2v) is 7.25. The number of benzene rings is 2. The number of nitrogens with zero attached hydrogens (tertiary/aromatic N) is 3. The molecule has 118 valence electrons. The van der Waals surface area contributed by atoms with E-state index in [2.05, 4.69) is 26.6 Å². The molecule has 4 rings (SSSR count). The summed E-state index contributed by atoms with van der Waals surface area (Å²) in [7, 11) is 0. The highest BCUT2D eigenvalue weighted by Crippen LogP contribution is 2.25. The fraction of sp³-hybridized carbons (Fsp3) is 0.0588. The lowest BCUT2D eigenvalue weighted by Crippen LogP contribution is -2.11. The molecule has 4 aromatic rings. The second-order valence-electron chi connectivity index (χ2n) is 5.07. The van der Waals surface area contributed by atoms with E-state index in [0.29, 0.717) is 17.1 Å². The second kappa shape index (κ2) is 6.46. The van der Waals surface area contributed by atoms with Crippen LogP contribution >= 0.6 is 22.7 Å². The fourth-order valence-electron chi connectivity index (χ4n) is 2.26. The van der Waals surface area contributed by atoms with Crippen molar-refractivity contribution in [3.8, 4) is 0 Å². The van der Waals surface area contributed by atoms with Crippen molar-refractivity contribution in [3.05, 3.63) is 70.2 Å². The molecule has 1 amide bonds. The number of hydrogen-bond donors (Lipinski definition) is 1. The maximum absolute atomic E-state index is 12.1. The van der Waals surface area contributed by atoms with Gasteiger partial charge in [0.15, 0.2) is 0 Å². The van der Waals surface area contributed by atoms with Crippen LogP contribution in [0.15, 0.2) is 54.6 Å². The number of anilines is 1. The van der Waals surface area contributed by atoms with E-state index in [9.17, 15) is 4.79 Å². The van der Waals surface area contributed by atoms with Crippen LogP contribution < -0.4 is 5.32 Å². The lowest BCUT2D eigenvalue weighted by atomic mass is 10.2. The smallest absolute Gasteiger partial charge is 0.257 e. The number of nitrogens with one attached hydrogen (secondary N) is 1. The molecule has 2 heterocycles. The van der Waals surface area contributed by atoms with Gasteiger partial charge in [-0.05, 0) is 24.3 Å². The molecule has 0 unspecified atom stereocenters. The highest BCUT2D eigenvalue weighted by Gasteiger charge is 2.12. The van der Waals surface area contributed by atoms with E-state index >= 15 is 0 Å². The average Bonchev–Trinajstić information content (AvgIpc) is 3.22. The van der Waals surface area contributed by atoms with Crippen LogP contribution in [0.2, 0.25) is 0 Å². The Morgan fingerprint density at radius 3 is 2.54 bits per heavy atom. The molecule has 0 fully saturated rings. The van der Waals surface area contributed by atoms with Crippen molar-refractivity contribution in [2.45, 2.75) is 6.42 Å². The number of aromatic nitrogens is 3. The number of carbonyl (C=O) groups is 1. The summed E-state index contributed by atoms with van der Waals surface area (Å²) in [6.45, 7) is 0. The zero-order valence-corrected chi connectivity index (χ0v) is 14.1. The first-order valence-corrected chi connectivity index (χ1v) is 8.94. The molecule has 2 aromatic heterocycles. The van der Waals surface area contributed by atoms with E-state index in [1.165, 1.54) is 11.3 Å². The van der Waals surface area contributed by atoms with Crippen LogP contribution in [0.3, 0.4) is 0 Å². The molecule has 0 aliphatic carbocycles. The SMILES string of the molecule is O=C(Nc1nnc(Cc2nc3ccccc3s2)s1)c1ccccc1. The summed E-state index contributed by atoms with van der Waals surface area (Å²) in [5, 5.41) is 13.3. The minimum Gasteiger partial charge on any atom is -0.296 e. The standard InChI is InChI=1S/C17H12N4OS2/c22-16(11-6-2-1-3-7-11)19-17-21-20-15(24-17)10-14-18-12-8-4-5-9-13(12)23-14/h1-9H,10H2,(H,19,21,22). The Morgan fingerprint density at radius 1 is 0.917 bits per heavy atom. The number of para-hydroxylation sites is 1. The zero-order valence-electron chi connectivity index (χ0n) is 12.5. The zero-order chi connectivity index (χ0) is 16.4. The monoisotopic (exact) mass is 352 g/mol. The topological polar surface area (TPSA) is 67.8 Å². The Labute approximate surface area is 146 Å². The largest absolute Gasteiger partial charge is 0.296 e. The van der Waals surface area contributed by atoms with Gasteiger partial charge in [0, 0.05) is 5.56 Å². The Bertz CT molecular complexity index is 961. The predicted octanol–water partition coefficient (Wildman–Crippen LogP) is 3.99. The highest BCUT2D eigenvalue weighted by atomic mass is 32.1. The first kappa shape index (κ1) is 14.9. The van der Waals surface area contributed by atoms with Gasteiger partial charge >= 0.3 is 0 Å². The van der Waals surface area contributed by atoms with Gasteiger partial charge in [-0.25, -0.2) is 4.98 Å². The van der Waals surface area contributed by atoms with E-state index in [4.69, 9.17) is 0 Å². The third-order valence-electron chi connectivity index (χ3n) is 3.36. The van der Waals surface area contributed by atoms with Crippen LogP contribution in [0.5, 0.6) is 0 Å². The fourth-order valence-corrected chi connectivity index (χ4v) is 4.06. The Hall–Kier alpha value is -2.64. The van der Waals surface area contributed by atoms with E-state index in [1.54, 1.807) is 23.5 Å². The summed E-state index contributed by atoms with van der Waals surface area (Å²) < 4.78 is 1.16. The van der Waals surface area contributed by atoms with Gasteiger partial charge in [0.05, 0.1) is 16.6 Å². The summed E-state index contributed by atoms with van der Waals surface area (Å²) in [6, 6.07) is 17.1. The quantitative estimate of drug-likeness (QED) is 0.603. The van der Waals surface area contributed by atoms with Crippen molar-refractivity contribution in [2.24, 2.45) is 0 Å². The van der Waals surface area contributed by atoms with Crippen molar-refractivity contribution in [1.29, 1.82) is 0 Å². The molecule has 0 spiro atoms. The summed E-state index contributed by atoms with van der Waals surface area (Å²) >= 11 is 3.03. The molecular formula is C17H12N4OS2. The summed E-state index contributed by atoms with van der Waals surface area (Å²) in [4.78, 5) is 16.7. The third kappa shape index (κ3) is 3.17. The van der Waals surface area contributed by atoms with Crippen LogP contribution in [-0.4, -0.2) is 21.1 Å². The minimum absolute atomic E-state index is 0.182. The van der Waals surface area contributed by atoms with Gasteiger partial charge in [-0.2, -0.15) is 0 Å². The van der Waals surface area contributed by atoms with Gasteiger partial charge in [0.2, 0.25) is 5.13 Å². The summed E-state index contributed by atoms with van der Waals surface area (Å²) in [6.07, 6.45) is 0.623. The molecule has 0 saturated carbocycles. The number of thiazole rings is 1. The van der Waals surface area contributed by atoms with Crippen molar-refractivity contribution >= 4 is 43.9 Å². The van der Waals surface area contributed by atoms with Crippen LogP contribution in [0.4, 0.5) is 5.13 Å². The molecule has 24 heavy (non-hydrogen) atoms. The van der Waals surface area contributed by atoms with Crippen molar-refractivity contribution in [1.82, 2.24) is 15.2 Å². The maximum atomic E-state index is 12.1. The van der Waals surface area contributed by atoms with Crippen LogP contribution in [-0.2, 0) is 6.42 Å². The molecule has 7 heteroatoms. The van der Waals surface area contributed by atoms with E-state index in [-0.39, 0.29) is 5.91 Å². The molecule has 1 N–H and O–H groups in total. The summed E-state index contributed by atoms with van der Waals surface area (Å²) in [5.41, 5.74) is 1.60. The lowest BCUT2D eigenvalue weighted by molar-refractivity contribution is 0.102. The number of amides is 1. The van der Waals surface area contributed by atoms with Gasteiger partial charge in [0.1, 0.15) is 10.0 Å². The van der Waals surface area contributed by atoms with Crippen molar-refractivity contribution in [3.63, 3.8) is 0 Å². The molecule has 2 aromatic carbocycles. The molecule has 0 bridgehead atoms. The van der Waals surface area contributed by atoms with Crippen LogP contribution in [0.25, 0.3) is 10.2 Å². The van der Waals surface area contributed by atoms with Gasteiger partial charge in [-0.1, -0.05) is 41.7 Å². The average molecular weight is 352 g/mol. The Kier molecular flexibility index (Phi) is 4.02. The molecular weight excluding hydrogens is 340 g/mol. The molecule has 5 nitrogen and oxygen atoms in total. The molecule has 0 saturated heterocycles. The Morgan fingerprint density at radius 2 is 1.71 bits per heavy atom. The molecule has 0 aliphatic rings. The van der Waals surface area contributed by atoms with Gasteiger partial charge < -0.3 is 0 Å². The van der Waals surface area contributed by atoms with Crippen molar-refractivity contribution < 1.29 is 4.79 Å². The van der Waals surface area contributed by atoms with Gasteiger partial charge in [-0.3, -0.25) is 10.1 Å². The lowest BCUT2D eigenvalue weighted by Gasteiger charge is -1.99. The van der Waals surface area contributed by atoms with E-state index in [0.717, 1.165) is 20.2 Å². The van der Waals surface area contributed by atoms with E-state index < -0.39 is 0 Å². The molecule has 0 radical (unpaired) electrons. The Balaban J connectivity index is 1.47. The van der Waals surface area contributed by atoms with Gasteiger partial charge in [-0.15, -0.1) is 21.5 Å². The number of fused-ring (bicyclic) bond motifs is 1. The summed E-state index contributed by atoms with van der Waals surface area (Å²) in [5.74, 6) is -0.182. The normalized spacial score (nSPS) is 10.8. The van der Waals surface area contributed by atoms with Crippen LogP contribution in [0, 0.1) is 0 Å². The van der Waals surface area contributed by atoms with Crippen molar-refractivity contribution in [2.75, 3.05) is 5.32 Å². The predicted molar refractivity (Wildman–Crippen MR) is 96.7 cm³/mol. The highest BCUT2D eigenvalue weighted by molar-refractivity contribution is 7.19. The first-order chi connectivity index (χ1) is 11.8. The van der Waals surface area contributed by atoms with Crippen LogP contribution in [0.1, 0.15) is 20.4 Å². The minimum atomic E-state index is -0.182. The number of rotatable bonds is 4. The number of carbonyl (C=O) groups excluding carboxylic acids is 1. The van der Waals surface area contributed by atoms with E-state index in [1.807, 2.05) is 36.4 Å². The van der Waals surface area contributed by atoms with Gasteiger partial charge in [0.25, 0.3) is 5.91 Å². The molecule has 0 aliphatic heterocycles. The maximum Gasteiger partial charge on any atom is 0.257 e.